The number of ketones is 1. The van der Waals surface area contributed by atoms with E-state index in [1.807, 2.05) is 13.8 Å². The first-order valence-corrected chi connectivity index (χ1v) is 11.2. The van der Waals surface area contributed by atoms with Crippen molar-refractivity contribution in [1.29, 1.82) is 0 Å². The summed E-state index contributed by atoms with van der Waals surface area (Å²) in [6.45, 7) is 10.1. The maximum absolute atomic E-state index is 13.0. The molecule has 2 fully saturated rings. The van der Waals surface area contributed by atoms with Crippen molar-refractivity contribution in [2.45, 2.75) is 46.0 Å². The van der Waals surface area contributed by atoms with Crippen molar-refractivity contribution in [2.24, 2.45) is 11.3 Å². The number of aromatic amines is 1. The second kappa shape index (κ2) is 8.63. The van der Waals surface area contributed by atoms with Gasteiger partial charge in [0, 0.05) is 43.9 Å². The van der Waals surface area contributed by atoms with Crippen molar-refractivity contribution in [2.75, 3.05) is 45.9 Å². The second-order valence-corrected chi connectivity index (χ2v) is 9.82. The molecule has 1 amide bonds. The van der Waals surface area contributed by atoms with Crippen LogP contribution >= 0.6 is 0 Å². The topological polar surface area (TPSA) is 82.7 Å². The number of Topliss-reactive ketones (excluding diaryl/α,β-unsaturated/α-hetero) is 1. The molecule has 4 rings (SSSR count). The molecule has 2 saturated heterocycles. The molecule has 0 bridgehead atoms. The van der Waals surface area contributed by atoms with Gasteiger partial charge in [0.05, 0.1) is 13.2 Å². The first-order valence-electron chi connectivity index (χ1n) is 11.2. The smallest absolute Gasteiger partial charge is 0.261 e. The molecule has 0 unspecified atom stereocenters. The molecule has 1 aromatic heterocycles. The predicted molar refractivity (Wildman–Crippen MR) is 114 cm³/mol. The molecular weight excluding hydrogens is 382 g/mol. The lowest BCUT2D eigenvalue weighted by molar-refractivity contribution is 0.0332. The summed E-state index contributed by atoms with van der Waals surface area (Å²) in [5, 5.41) is 0. The van der Waals surface area contributed by atoms with Crippen molar-refractivity contribution < 1.29 is 14.3 Å². The number of nitrogens with one attached hydrogen (secondary N) is 1. The van der Waals surface area contributed by atoms with Crippen LogP contribution in [-0.4, -0.2) is 72.4 Å². The summed E-state index contributed by atoms with van der Waals surface area (Å²) in [5.74, 6) is 0.374. The Kier molecular flexibility index (Phi) is 6.11. The molecule has 1 aliphatic carbocycles. The van der Waals surface area contributed by atoms with Crippen LogP contribution in [0.2, 0.25) is 0 Å². The Morgan fingerprint density at radius 1 is 1.13 bits per heavy atom. The van der Waals surface area contributed by atoms with Crippen molar-refractivity contribution in [1.82, 2.24) is 14.8 Å². The van der Waals surface area contributed by atoms with E-state index in [1.165, 1.54) is 0 Å². The number of fused-ring (bicyclic) bond motifs is 1. The molecule has 1 aromatic rings. The number of amides is 1. The van der Waals surface area contributed by atoms with Gasteiger partial charge in [0.2, 0.25) is 0 Å². The van der Waals surface area contributed by atoms with E-state index in [0.717, 1.165) is 52.1 Å². The van der Waals surface area contributed by atoms with Crippen LogP contribution in [0.3, 0.4) is 0 Å². The predicted octanol–water partition coefficient (Wildman–Crippen LogP) is 2.10. The molecule has 0 spiro atoms. The summed E-state index contributed by atoms with van der Waals surface area (Å²) in [4.78, 5) is 45.2. The number of morpholine rings is 1. The van der Waals surface area contributed by atoms with Gasteiger partial charge >= 0.3 is 0 Å². The van der Waals surface area contributed by atoms with Crippen LogP contribution in [0.5, 0.6) is 0 Å². The van der Waals surface area contributed by atoms with E-state index in [0.29, 0.717) is 43.1 Å². The van der Waals surface area contributed by atoms with E-state index in [1.54, 1.807) is 11.0 Å². The molecule has 2 aliphatic heterocycles. The molecule has 30 heavy (non-hydrogen) atoms. The lowest BCUT2D eigenvalue weighted by Gasteiger charge is -2.34. The monoisotopic (exact) mass is 415 g/mol. The summed E-state index contributed by atoms with van der Waals surface area (Å²) < 4.78 is 5.40. The molecule has 0 aromatic carbocycles. The van der Waals surface area contributed by atoms with Crippen LogP contribution in [0.4, 0.5) is 0 Å². The van der Waals surface area contributed by atoms with Gasteiger partial charge in [-0.05, 0) is 49.6 Å². The Hall–Kier alpha value is -1.99. The average molecular weight is 416 g/mol. The van der Waals surface area contributed by atoms with E-state index < -0.39 is 0 Å². The minimum absolute atomic E-state index is 0.00775. The lowest BCUT2D eigenvalue weighted by atomic mass is 9.75. The van der Waals surface area contributed by atoms with Crippen LogP contribution < -0.4 is 5.56 Å². The fourth-order valence-electron chi connectivity index (χ4n) is 4.97. The molecule has 0 saturated carbocycles. The van der Waals surface area contributed by atoms with Gasteiger partial charge in [-0.2, -0.15) is 0 Å². The zero-order valence-corrected chi connectivity index (χ0v) is 18.2. The number of hydrogen-bond acceptors (Lipinski definition) is 5. The summed E-state index contributed by atoms with van der Waals surface area (Å²) in [6.07, 6.45) is 4.16. The van der Waals surface area contributed by atoms with Gasteiger partial charge in [0.25, 0.3) is 11.5 Å². The molecule has 1 N–H and O–H groups in total. The van der Waals surface area contributed by atoms with Gasteiger partial charge in [-0.1, -0.05) is 13.8 Å². The zero-order valence-electron chi connectivity index (χ0n) is 18.2. The highest BCUT2D eigenvalue weighted by atomic mass is 16.5. The summed E-state index contributed by atoms with van der Waals surface area (Å²) in [6, 6.07) is 1.54. The summed E-state index contributed by atoms with van der Waals surface area (Å²) >= 11 is 0. The van der Waals surface area contributed by atoms with Crippen molar-refractivity contribution in [3.63, 3.8) is 0 Å². The normalized spacial score (nSPS) is 22.7. The average Bonchev–Trinajstić information content (AvgIpc) is 2.71. The summed E-state index contributed by atoms with van der Waals surface area (Å²) in [7, 11) is 0. The fraction of sp³-hybridized carbons (Fsp3) is 0.696. The van der Waals surface area contributed by atoms with Crippen LogP contribution in [0, 0.1) is 11.3 Å². The Labute approximate surface area is 177 Å². The number of pyridine rings is 1. The highest BCUT2D eigenvalue weighted by molar-refractivity contribution is 6.02. The highest BCUT2D eigenvalue weighted by Crippen LogP contribution is 2.33. The van der Waals surface area contributed by atoms with Gasteiger partial charge in [-0.25, -0.2) is 0 Å². The number of carbonyl (C=O) groups is 2. The molecule has 7 nitrogen and oxygen atoms in total. The lowest BCUT2D eigenvalue weighted by Crippen LogP contribution is -2.42. The van der Waals surface area contributed by atoms with E-state index in [4.69, 9.17) is 4.74 Å². The van der Waals surface area contributed by atoms with Crippen LogP contribution in [0.25, 0.3) is 0 Å². The van der Waals surface area contributed by atoms with E-state index in [9.17, 15) is 14.4 Å². The van der Waals surface area contributed by atoms with Gasteiger partial charge in [0.15, 0.2) is 5.78 Å². The maximum Gasteiger partial charge on any atom is 0.261 e. The Balaban J connectivity index is 1.37. The number of rotatable bonds is 4. The zero-order chi connectivity index (χ0) is 21.3. The number of piperidine rings is 1. The number of carbonyl (C=O) groups excluding carboxylic acids is 2. The van der Waals surface area contributed by atoms with Crippen molar-refractivity contribution in [3.05, 3.63) is 33.2 Å². The number of aromatic nitrogens is 1. The van der Waals surface area contributed by atoms with Crippen LogP contribution in [0.15, 0.2) is 10.9 Å². The molecule has 7 heteroatoms. The molecular formula is C23H33N3O4. The first-order chi connectivity index (χ1) is 14.3. The number of hydrogen-bond donors (Lipinski definition) is 1. The van der Waals surface area contributed by atoms with E-state index >= 15 is 0 Å². The Bertz CT molecular complexity index is 862. The first kappa shape index (κ1) is 21.2. The number of nitrogens with zero attached hydrogens (tertiary/aromatic N) is 2. The minimum atomic E-state index is -0.376. The molecule has 164 valence electrons. The largest absolute Gasteiger partial charge is 0.379 e. The molecule has 0 radical (unpaired) electrons. The quantitative estimate of drug-likeness (QED) is 0.814. The molecule has 3 aliphatic rings. The van der Waals surface area contributed by atoms with Gasteiger partial charge < -0.3 is 14.6 Å². The standard InChI is InChI=1S/C23H33N3O4/c1-23(2)14-19-17(20(27)15-23)13-18(21(28)24-19)22(29)26-7-4-16(5-8-26)3-6-25-9-11-30-12-10-25/h13,16H,3-12,14-15H2,1-2H3,(H,24,28). The van der Waals surface area contributed by atoms with Crippen molar-refractivity contribution in [3.8, 4) is 0 Å². The molecule has 0 atom stereocenters. The van der Waals surface area contributed by atoms with Gasteiger partial charge in [-0.3, -0.25) is 19.3 Å². The van der Waals surface area contributed by atoms with Gasteiger partial charge in [0.1, 0.15) is 5.56 Å². The van der Waals surface area contributed by atoms with Gasteiger partial charge in [-0.15, -0.1) is 0 Å². The summed E-state index contributed by atoms with van der Waals surface area (Å²) in [5.41, 5.74) is 0.742. The third-order valence-electron chi connectivity index (χ3n) is 6.81. The van der Waals surface area contributed by atoms with E-state index in [2.05, 4.69) is 9.88 Å². The highest BCUT2D eigenvalue weighted by Gasteiger charge is 2.33. The SMILES string of the molecule is CC1(C)CC(=O)c2cc(C(=O)N3CCC(CCN4CCOCC4)CC3)c(=O)[nH]c2C1. The Morgan fingerprint density at radius 2 is 1.83 bits per heavy atom. The molecule has 3 heterocycles. The number of ether oxygens (including phenoxy) is 1. The number of likely N-dealkylation sites (tertiary alicyclic amines) is 1. The van der Waals surface area contributed by atoms with E-state index in [-0.39, 0.29) is 28.2 Å². The Morgan fingerprint density at radius 3 is 2.53 bits per heavy atom. The van der Waals surface area contributed by atoms with Crippen LogP contribution in [0.1, 0.15) is 65.9 Å². The minimum Gasteiger partial charge on any atom is -0.379 e. The maximum atomic E-state index is 13.0. The third kappa shape index (κ3) is 4.67. The van der Waals surface area contributed by atoms with Crippen LogP contribution in [-0.2, 0) is 11.2 Å². The number of H-pyrrole nitrogens is 1. The van der Waals surface area contributed by atoms with Crippen molar-refractivity contribution >= 4 is 11.7 Å². The second-order valence-electron chi connectivity index (χ2n) is 9.82. The fourth-order valence-corrected chi connectivity index (χ4v) is 4.97. The third-order valence-corrected chi connectivity index (χ3v) is 6.81.